The SMILES string of the molecule is [2H]C1CCOCC1. The van der Waals surface area contributed by atoms with Crippen LogP contribution in [-0.4, -0.2) is 13.2 Å². The van der Waals surface area contributed by atoms with Gasteiger partial charge < -0.3 is 4.74 Å². The minimum Gasteiger partial charge on any atom is -0.381 e. The summed E-state index contributed by atoms with van der Waals surface area (Å²) >= 11 is 0. The predicted molar refractivity (Wildman–Crippen MR) is 24.7 cm³/mol. The molecule has 0 aliphatic carbocycles. The van der Waals surface area contributed by atoms with Crippen LogP contribution in [0.5, 0.6) is 0 Å². The third kappa shape index (κ3) is 0.977. The largest absolute Gasteiger partial charge is 0.381 e. The molecule has 0 radical (unpaired) electrons. The average Bonchev–Trinajstić information content (AvgIpc) is 1.69. The molecule has 1 heterocycles. The highest BCUT2D eigenvalue weighted by atomic mass is 16.5. The van der Waals surface area contributed by atoms with Crippen LogP contribution >= 0.6 is 0 Å². The van der Waals surface area contributed by atoms with E-state index in [1.807, 2.05) is 0 Å². The predicted octanol–water partition coefficient (Wildman–Crippen LogP) is 1.19. The monoisotopic (exact) mass is 87.1 g/mol. The van der Waals surface area contributed by atoms with Crippen molar-refractivity contribution in [2.45, 2.75) is 19.2 Å². The van der Waals surface area contributed by atoms with Gasteiger partial charge in [-0.15, -0.1) is 0 Å². The second kappa shape index (κ2) is 2.19. The summed E-state index contributed by atoms with van der Waals surface area (Å²) in [5, 5.41) is 0. The molecule has 0 atom stereocenters. The second-order valence-electron chi connectivity index (χ2n) is 1.48. The Morgan fingerprint density at radius 3 is 2.33 bits per heavy atom. The summed E-state index contributed by atoms with van der Waals surface area (Å²) in [6.45, 7) is 1.60. The van der Waals surface area contributed by atoms with Crippen molar-refractivity contribution in [2.75, 3.05) is 13.2 Å². The fraction of sp³-hybridized carbons (Fsp3) is 1.00. The molecule has 0 saturated carbocycles. The van der Waals surface area contributed by atoms with Crippen molar-refractivity contribution in [1.82, 2.24) is 0 Å². The van der Waals surface area contributed by atoms with E-state index in [1.165, 1.54) is 0 Å². The molecule has 0 aromatic heterocycles. The highest BCUT2D eigenvalue weighted by molar-refractivity contribution is 4.45. The summed E-state index contributed by atoms with van der Waals surface area (Å²) in [6.07, 6.45) is 2.02. The molecule has 1 rings (SSSR count). The van der Waals surface area contributed by atoms with Crippen molar-refractivity contribution < 1.29 is 6.11 Å². The van der Waals surface area contributed by atoms with Gasteiger partial charge in [0.2, 0.25) is 0 Å². The Kier molecular flexibility index (Phi) is 1.10. The second-order valence-corrected chi connectivity index (χ2v) is 1.48. The molecule has 1 heteroatoms. The molecule has 36 valence electrons. The van der Waals surface area contributed by atoms with Crippen LogP contribution in [0.1, 0.15) is 20.6 Å². The van der Waals surface area contributed by atoms with E-state index in [9.17, 15) is 0 Å². The Bertz CT molecular complexity index is 50.0. The lowest BCUT2D eigenvalue weighted by Crippen LogP contribution is -2.03. The zero-order valence-corrected chi connectivity index (χ0v) is 3.81. The summed E-state index contributed by atoms with van der Waals surface area (Å²) in [7, 11) is 0. The normalized spacial score (nSPS) is 29.7. The fourth-order valence-corrected chi connectivity index (χ4v) is 0.580. The Morgan fingerprint density at radius 1 is 1.33 bits per heavy atom. The third-order valence-corrected chi connectivity index (χ3v) is 0.933. The first-order valence-electron chi connectivity index (χ1n) is 2.97. The highest BCUT2D eigenvalue weighted by Gasteiger charge is 1.94. The van der Waals surface area contributed by atoms with E-state index < -0.39 is 0 Å². The van der Waals surface area contributed by atoms with Crippen molar-refractivity contribution in [3.05, 3.63) is 0 Å². The Morgan fingerprint density at radius 2 is 2.00 bits per heavy atom. The first-order chi connectivity index (χ1) is 3.39. The van der Waals surface area contributed by atoms with E-state index in [4.69, 9.17) is 6.11 Å². The molecule has 6 heavy (non-hydrogen) atoms. The standard InChI is InChI=1S/C5H10O/c1-2-4-6-5-3-1/h1-5H2/i1D. The topological polar surface area (TPSA) is 9.23 Å². The first kappa shape index (κ1) is 3.03. The maximum Gasteiger partial charge on any atom is 0.0466 e. The fourth-order valence-electron chi connectivity index (χ4n) is 0.580. The number of ether oxygens (including phenoxy) is 1. The van der Waals surface area contributed by atoms with Crippen LogP contribution in [0, 0.1) is 0 Å². The van der Waals surface area contributed by atoms with E-state index >= 15 is 0 Å². The Balaban J connectivity index is 2.12. The number of hydrogen-bond acceptors (Lipinski definition) is 1. The van der Waals surface area contributed by atoms with Gasteiger partial charge in [0.25, 0.3) is 0 Å². The van der Waals surface area contributed by atoms with Gasteiger partial charge in [-0.3, -0.25) is 0 Å². The van der Waals surface area contributed by atoms with E-state index in [-0.39, 0.29) is 6.40 Å². The van der Waals surface area contributed by atoms with Gasteiger partial charge >= 0.3 is 0 Å². The van der Waals surface area contributed by atoms with Crippen molar-refractivity contribution in [3.8, 4) is 0 Å². The van der Waals surface area contributed by atoms with Crippen molar-refractivity contribution in [1.29, 1.82) is 0 Å². The molecule has 1 aliphatic rings. The van der Waals surface area contributed by atoms with Gasteiger partial charge in [-0.2, -0.15) is 0 Å². The lowest BCUT2D eigenvalue weighted by molar-refractivity contribution is 0.0968. The summed E-state index contributed by atoms with van der Waals surface area (Å²) < 4.78 is 12.2. The summed E-state index contributed by atoms with van der Waals surface area (Å²) in [5.41, 5.74) is 0. The maximum absolute atomic E-state index is 7.19. The zero-order valence-electron chi connectivity index (χ0n) is 4.81. The minimum absolute atomic E-state index is 0.161. The average molecular weight is 87.1 g/mol. The van der Waals surface area contributed by atoms with Crippen LogP contribution in [0.15, 0.2) is 0 Å². The Hall–Kier alpha value is -0.0400. The maximum atomic E-state index is 7.19. The molecule has 0 aromatic rings. The molecule has 0 spiro atoms. The van der Waals surface area contributed by atoms with E-state index in [0.29, 0.717) is 0 Å². The van der Waals surface area contributed by atoms with Gasteiger partial charge in [0.15, 0.2) is 0 Å². The van der Waals surface area contributed by atoms with E-state index in [0.717, 1.165) is 26.1 Å². The lowest BCUT2D eigenvalue weighted by atomic mass is 10.2. The van der Waals surface area contributed by atoms with E-state index in [1.54, 1.807) is 0 Å². The van der Waals surface area contributed by atoms with Gasteiger partial charge in [-0.1, -0.05) is 0 Å². The zero-order chi connectivity index (χ0) is 5.11. The van der Waals surface area contributed by atoms with Crippen molar-refractivity contribution in [3.63, 3.8) is 0 Å². The van der Waals surface area contributed by atoms with Crippen LogP contribution in [-0.2, 0) is 4.74 Å². The third-order valence-electron chi connectivity index (χ3n) is 0.933. The van der Waals surface area contributed by atoms with Crippen LogP contribution < -0.4 is 0 Å². The highest BCUT2D eigenvalue weighted by Crippen LogP contribution is 2.01. The van der Waals surface area contributed by atoms with Crippen LogP contribution in [0.4, 0.5) is 0 Å². The molecular weight excluding hydrogens is 76.1 g/mol. The molecule has 1 fully saturated rings. The van der Waals surface area contributed by atoms with Crippen molar-refractivity contribution in [2.24, 2.45) is 0 Å². The first-order valence-corrected chi connectivity index (χ1v) is 2.39. The van der Waals surface area contributed by atoms with Crippen LogP contribution in [0.25, 0.3) is 0 Å². The van der Waals surface area contributed by atoms with Gasteiger partial charge in [0.05, 0.1) is 0 Å². The molecule has 0 amide bonds. The quantitative estimate of drug-likeness (QED) is 0.431. The Labute approximate surface area is 39.7 Å². The molecular formula is C5H10O. The van der Waals surface area contributed by atoms with Gasteiger partial charge in [0.1, 0.15) is 0 Å². The molecule has 1 aliphatic heterocycles. The van der Waals surface area contributed by atoms with Crippen LogP contribution in [0.2, 0.25) is 0 Å². The summed E-state index contributed by atoms with van der Waals surface area (Å²) in [6, 6.07) is 0. The van der Waals surface area contributed by atoms with Gasteiger partial charge in [-0.05, 0) is 19.2 Å². The molecule has 0 N–H and O–H groups in total. The van der Waals surface area contributed by atoms with Gasteiger partial charge in [-0.25, -0.2) is 0 Å². The van der Waals surface area contributed by atoms with Crippen molar-refractivity contribution >= 4 is 0 Å². The molecule has 1 nitrogen and oxygen atoms in total. The smallest absolute Gasteiger partial charge is 0.0466 e. The molecule has 0 unspecified atom stereocenters. The minimum atomic E-state index is 0.161. The molecule has 1 saturated heterocycles. The number of hydrogen-bond donors (Lipinski definition) is 0. The van der Waals surface area contributed by atoms with Crippen LogP contribution in [0.3, 0.4) is 0 Å². The molecule has 0 aromatic carbocycles. The lowest BCUT2D eigenvalue weighted by Gasteiger charge is -2.08. The summed E-state index contributed by atoms with van der Waals surface area (Å²) in [5.74, 6) is 0. The van der Waals surface area contributed by atoms with E-state index in [2.05, 4.69) is 0 Å². The molecule has 0 bridgehead atoms. The summed E-state index contributed by atoms with van der Waals surface area (Å²) in [4.78, 5) is 0. The number of rotatable bonds is 0. The van der Waals surface area contributed by atoms with Gasteiger partial charge in [0, 0.05) is 14.6 Å².